The quantitative estimate of drug-likeness (QED) is 0.661. The van der Waals surface area contributed by atoms with Gasteiger partial charge >= 0.3 is 0 Å². The Kier molecular flexibility index (Phi) is 5.66. The second-order valence-corrected chi connectivity index (χ2v) is 5.03. The Morgan fingerprint density at radius 3 is 2.62 bits per heavy atom. The maximum atomic E-state index is 12.2. The average Bonchev–Trinajstić information content (AvgIpc) is 2.45. The number of hydrogen-bond donors (Lipinski definition) is 1. The van der Waals surface area contributed by atoms with Crippen molar-refractivity contribution in [2.24, 2.45) is 5.92 Å². The summed E-state index contributed by atoms with van der Waals surface area (Å²) in [4.78, 5) is 35.2. The summed E-state index contributed by atoms with van der Waals surface area (Å²) in [6.07, 6.45) is 0. The van der Waals surface area contributed by atoms with Crippen LogP contribution in [0.1, 0.15) is 17.3 Å². The van der Waals surface area contributed by atoms with Crippen molar-refractivity contribution in [2.75, 3.05) is 20.6 Å². The van der Waals surface area contributed by atoms with Crippen molar-refractivity contribution >= 4 is 29.1 Å². The second-order valence-electron chi connectivity index (χ2n) is 4.62. The summed E-state index contributed by atoms with van der Waals surface area (Å²) in [5.74, 6) is -0.978. The van der Waals surface area contributed by atoms with Crippen molar-refractivity contribution in [3.8, 4) is 0 Å². The maximum Gasteiger partial charge on any atom is 0.288 e. The standard InChI is InChI=1S/C13H16ClN3O4/c1-8(12(18)15-2)7-16(3)13(19)9-4-5-10(14)11(6-9)17(20)21/h4-6,8H,7H2,1-3H3,(H,15,18). The van der Waals surface area contributed by atoms with Crippen LogP contribution in [0.25, 0.3) is 0 Å². The van der Waals surface area contributed by atoms with E-state index in [2.05, 4.69) is 5.32 Å². The molecule has 0 bridgehead atoms. The topological polar surface area (TPSA) is 92.6 Å². The van der Waals surface area contributed by atoms with Crippen molar-refractivity contribution in [3.05, 3.63) is 38.9 Å². The lowest BCUT2D eigenvalue weighted by molar-refractivity contribution is -0.384. The molecule has 0 aliphatic heterocycles. The van der Waals surface area contributed by atoms with Gasteiger partial charge in [0.15, 0.2) is 0 Å². The van der Waals surface area contributed by atoms with Gasteiger partial charge in [0, 0.05) is 32.3 Å². The summed E-state index contributed by atoms with van der Waals surface area (Å²) < 4.78 is 0. The molecule has 0 radical (unpaired) electrons. The van der Waals surface area contributed by atoms with Crippen LogP contribution in [-0.2, 0) is 4.79 Å². The lowest BCUT2D eigenvalue weighted by atomic mass is 10.1. The fraction of sp³-hybridized carbons (Fsp3) is 0.385. The van der Waals surface area contributed by atoms with Gasteiger partial charge < -0.3 is 10.2 Å². The first-order valence-electron chi connectivity index (χ1n) is 6.19. The molecule has 1 rings (SSSR count). The first kappa shape index (κ1) is 16.9. The van der Waals surface area contributed by atoms with E-state index >= 15 is 0 Å². The van der Waals surface area contributed by atoms with Crippen LogP contribution in [0.2, 0.25) is 5.02 Å². The summed E-state index contributed by atoms with van der Waals surface area (Å²) in [5, 5.41) is 13.3. The molecule has 0 spiro atoms. The van der Waals surface area contributed by atoms with Crippen LogP contribution < -0.4 is 5.32 Å². The van der Waals surface area contributed by atoms with Gasteiger partial charge in [0.2, 0.25) is 5.91 Å². The van der Waals surface area contributed by atoms with Crippen LogP contribution in [0, 0.1) is 16.0 Å². The van der Waals surface area contributed by atoms with Gasteiger partial charge in [-0.25, -0.2) is 0 Å². The Hall–Kier alpha value is -2.15. The zero-order valence-corrected chi connectivity index (χ0v) is 12.7. The molecule has 0 saturated carbocycles. The lowest BCUT2D eigenvalue weighted by Crippen LogP contribution is -2.37. The molecule has 0 heterocycles. The molecule has 21 heavy (non-hydrogen) atoms. The molecule has 0 saturated heterocycles. The van der Waals surface area contributed by atoms with Gasteiger partial charge in [-0.2, -0.15) is 0 Å². The lowest BCUT2D eigenvalue weighted by Gasteiger charge is -2.20. The van der Waals surface area contributed by atoms with E-state index < -0.39 is 10.8 Å². The van der Waals surface area contributed by atoms with Gasteiger partial charge in [-0.3, -0.25) is 19.7 Å². The first-order chi connectivity index (χ1) is 9.77. The van der Waals surface area contributed by atoms with Crippen molar-refractivity contribution in [3.63, 3.8) is 0 Å². The number of rotatable bonds is 5. The number of nitrogens with zero attached hydrogens (tertiary/aromatic N) is 2. The van der Waals surface area contributed by atoms with Crippen molar-refractivity contribution in [1.29, 1.82) is 0 Å². The number of nitro benzene ring substituents is 1. The molecule has 0 aliphatic rings. The fourth-order valence-corrected chi connectivity index (χ4v) is 2.02. The number of carbonyl (C=O) groups excluding carboxylic acids is 2. The normalized spacial score (nSPS) is 11.6. The highest BCUT2D eigenvalue weighted by atomic mass is 35.5. The second kappa shape index (κ2) is 7.03. The Bertz CT molecular complexity index is 577. The molecule has 8 heteroatoms. The third-order valence-corrected chi connectivity index (χ3v) is 3.30. The molecule has 2 amide bonds. The van der Waals surface area contributed by atoms with E-state index in [-0.39, 0.29) is 34.6 Å². The SMILES string of the molecule is CNC(=O)C(C)CN(C)C(=O)c1ccc(Cl)c([N+](=O)[O-])c1. The van der Waals surface area contributed by atoms with Crippen LogP contribution in [-0.4, -0.2) is 42.3 Å². The molecule has 1 aromatic carbocycles. The smallest absolute Gasteiger partial charge is 0.288 e. The molecular formula is C13H16ClN3O4. The Labute approximate surface area is 127 Å². The van der Waals surface area contributed by atoms with Crippen LogP contribution in [0.3, 0.4) is 0 Å². The number of nitrogens with one attached hydrogen (secondary N) is 1. The fourth-order valence-electron chi connectivity index (χ4n) is 1.83. The van der Waals surface area contributed by atoms with Crippen LogP contribution in [0.15, 0.2) is 18.2 Å². The van der Waals surface area contributed by atoms with Crippen molar-refractivity contribution in [2.45, 2.75) is 6.92 Å². The highest BCUT2D eigenvalue weighted by Gasteiger charge is 2.21. The zero-order chi connectivity index (χ0) is 16.2. The van der Waals surface area contributed by atoms with E-state index in [0.717, 1.165) is 6.07 Å². The molecular weight excluding hydrogens is 298 g/mol. The zero-order valence-electron chi connectivity index (χ0n) is 11.9. The summed E-state index contributed by atoms with van der Waals surface area (Å²) in [7, 11) is 3.05. The molecule has 1 aromatic rings. The van der Waals surface area contributed by atoms with Gasteiger partial charge in [0.25, 0.3) is 11.6 Å². The Balaban J connectivity index is 2.90. The van der Waals surface area contributed by atoms with E-state index in [4.69, 9.17) is 11.6 Å². The van der Waals surface area contributed by atoms with Gasteiger partial charge in [-0.1, -0.05) is 18.5 Å². The monoisotopic (exact) mass is 313 g/mol. The summed E-state index contributed by atoms with van der Waals surface area (Å²) in [5.41, 5.74) is -0.173. The minimum Gasteiger partial charge on any atom is -0.359 e. The number of nitro groups is 1. The van der Waals surface area contributed by atoms with E-state index in [0.29, 0.717) is 0 Å². The number of amides is 2. The van der Waals surface area contributed by atoms with Gasteiger partial charge in [0.05, 0.1) is 10.8 Å². The van der Waals surface area contributed by atoms with Gasteiger partial charge in [-0.15, -0.1) is 0 Å². The number of halogens is 1. The first-order valence-corrected chi connectivity index (χ1v) is 6.56. The number of carbonyl (C=O) groups is 2. The predicted molar refractivity (Wildman–Crippen MR) is 78.3 cm³/mol. The van der Waals surface area contributed by atoms with Gasteiger partial charge in [0.1, 0.15) is 5.02 Å². The highest BCUT2D eigenvalue weighted by Crippen LogP contribution is 2.25. The third-order valence-electron chi connectivity index (χ3n) is 2.98. The molecule has 1 atom stereocenters. The number of benzene rings is 1. The van der Waals surface area contributed by atoms with Crippen molar-refractivity contribution in [1.82, 2.24) is 10.2 Å². The molecule has 114 valence electrons. The highest BCUT2D eigenvalue weighted by molar-refractivity contribution is 6.32. The largest absolute Gasteiger partial charge is 0.359 e. The predicted octanol–water partition coefficient (Wildman–Crippen LogP) is 1.70. The number of hydrogen-bond acceptors (Lipinski definition) is 4. The molecule has 0 fully saturated rings. The van der Waals surface area contributed by atoms with Gasteiger partial charge in [-0.05, 0) is 12.1 Å². The molecule has 0 aromatic heterocycles. The van der Waals surface area contributed by atoms with Crippen molar-refractivity contribution < 1.29 is 14.5 Å². The Morgan fingerprint density at radius 1 is 1.48 bits per heavy atom. The summed E-state index contributed by atoms with van der Waals surface area (Å²) in [6.45, 7) is 1.89. The van der Waals surface area contributed by atoms with E-state index in [1.54, 1.807) is 6.92 Å². The average molecular weight is 314 g/mol. The molecule has 1 unspecified atom stereocenters. The minimum atomic E-state index is -0.647. The molecule has 0 aliphatic carbocycles. The van der Waals surface area contributed by atoms with E-state index in [1.807, 2.05) is 0 Å². The van der Waals surface area contributed by atoms with Crippen LogP contribution in [0.5, 0.6) is 0 Å². The Morgan fingerprint density at radius 2 is 2.10 bits per heavy atom. The van der Waals surface area contributed by atoms with Crippen LogP contribution >= 0.6 is 11.6 Å². The summed E-state index contributed by atoms with van der Waals surface area (Å²) >= 11 is 5.70. The molecule has 1 N–H and O–H groups in total. The van der Waals surface area contributed by atoms with Crippen LogP contribution in [0.4, 0.5) is 5.69 Å². The third kappa shape index (κ3) is 4.16. The maximum absolute atomic E-state index is 12.2. The van der Waals surface area contributed by atoms with E-state index in [9.17, 15) is 19.7 Å². The minimum absolute atomic E-state index is 0.0297. The molecule has 7 nitrogen and oxygen atoms in total. The summed E-state index contributed by atoms with van der Waals surface area (Å²) in [6, 6.07) is 3.85. The van der Waals surface area contributed by atoms with E-state index in [1.165, 1.54) is 31.1 Å².